The molecule has 2 aromatic rings. The van der Waals surface area contributed by atoms with Gasteiger partial charge in [0.2, 0.25) is 5.89 Å². The maximum atomic E-state index is 5.50. The summed E-state index contributed by atoms with van der Waals surface area (Å²) in [7, 11) is 1.70. The van der Waals surface area contributed by atoms with Crippen LogP contribution in [0.5, 0.6) is 5.75 Å². The Morgan fingerprint density at radius 1 is 1.41 bits per heavy atom. The maximum absolute atomic E-state index is 5.50. The van der Waals surface area contributed by atoms with Gasteiger partial charge in [0.05, 0.1) is 13.2 Å². The van der Waals surface area contributed by atoms with Gasteiger partial charge in [0, 0.05) is 12.5 Å². The predicted molar refractivity (Wildman–Crippen MR) is 83.8 cm³/mol. The van der Waals surface area contributed by atoms with Crippen molar-refractivity contribution in [2.45, 2.75) is 45.2 Å². The van der Waals surface area contributed by atoms with E-state index in [1.54, 1.807) is 7.11 Å². The SMILES string of the molecule is COc1cccc(CN2CCC[C@@H]2c2nc(C(C)C)no2)c1. The second-order valence-electron chi connectivity index (χ2n) is 6.13. The average Bonchev–Trinajstić information content (AvgIpc) is 3.16. The van der Waals surface area contributed by atoms with E-state index < -0.39 is 0 Å². The standard InChI is InChI=1S/C17H23N3O2/c1-12(2)16-18-17(22-19-16)15-8-5-9-20(15)11-13-6-4-7-14(10-13)21-3/h4,6-7,10,12,15H,5,8-9,11H2,1-3H3/t15-/m1/s1. The summed E-state index contributed by atoms with van der Waals surface area (Å²) in [5.74, 6) is 2.74. The molecular formula is C17H23N3O2. The number of benzene rings is 1. The number of hydrogen-bond acceptors (Lipinski definition) is 5. The van der Waals surface area contributed by atoms with E-state index in [0.29, 0.717) is 5.92 Å². The number of nitrogens with zero attached hydrogens (tertiary/aromatic N) is 3. The summed E-state index contributed by atoms with van der Waals surface area (Å²) in [5, 5.41) is 4.10. The number of likely N-dealkylation sites (tertiary alicyclic amines) is 1. The van der Waals surface area contributed by atoms with E-state index in [2.05, 4.69) is 41.0 Å². The largest absolute Gasteiger partial charge is 0.497 e. The third-order valence-corrected chi connectivity index (χ3v) is 4.14. The molecule has 0 aliphatic carbocycles. The Labute approximate surface area is 131 Å². The van der Waals surface area contributed by atoms with E-state index in [1.807, 2.05) is 12.1 Å². The van der Waals surface area contributed by atoms with Crippen LogP contribution in [0.1, 0.15) is 55.9 Å². The summed E-state index contributed by atoms with van der Waals surface area (Å²) in [6.45, 7) is 6.09. The van der Waals surface area contributed by atoms with E-state index in [-0.39, 0.29) is 6.04 Å². The predicted octanol–water partition coefficient (Wildman–Crippen LogP) is 3.54. The molecule has 0 amide bonds. The van der Waals surface area contributed by atoms with Gasteiger partial charge in [-0.05, 0) is 37.1 Å². The number of hydrogen-bond donors (Lipinski definition) is 0. The van der Waals surface area contributed by atoms with E-state index in [0.717, 1.165) is 43.4 Å². The minimum absolute atomic E-state index is 0.228. The summed E-state index contributed by atoms with van der Waals surface area (Å²) in [6.07, 6.45) is 2.23. The molecule has 5 nitrogen and oxygen atoms in total. The zero-order chi connectivity index (χ0) is 15.5. The molecule has 0 radical (unpaired) electrons. The molecule has 1 fully saturated rings. The lowest BCUT2D eigenvalue weighted by atomic mass is 10.1. The molecule has 3 rings (SSSR count). The van der Waals surface area contributed by atoms with Crippen molar-refractivity contribution in [3.8, 4) is 5.75 Å². The number of rotatable bonds is 5. The second kappa shape index (κ2) is 6.48. The summed E-state index contributed by atoms with van der Waals surface area (Å²) < 4.78 is 10.8. The molecule has 0 N–H and O–H groups in total. The van der Waals surface area contributed by atoms with Crippen molar-refractivity contribution in [1.82, 2.24) is 15.0 Å². The molecule has 1 aliphatic rings. The van der Waals surface area contributed by atoms with Crippen LogP contribution in [0.4, 0.5) is 0 Å². The van der Waals surface area contributed by atoms with E-state index >= 15 is 0 Å². The first kappa shape index (κ1) is 15.0. The molecule has 22 heavy (non-hydrogen) atoms. The van der Waals surface area contributed by atoms with Gasteiger partial charge < -0.3 is 9.26 Å². The third kappa shape index (κ3) is 3.14. The van der Waals surface area contributed by atoms with E-state index in [9.17, 15) is 0 Å². The van der Waals surface area contributed by atoms with Crippen molar-refractivity contribution < 1.29 is 9.26 Å². The quantitative estimate of drug-likeness (QED) is 0.845. The van der Waals surface area contributed by atoms with Crippen LogP contribution < -0.4 is 4.74 Å². The van der Waals surface area contributed by atoms with Gasteiger partial charge in [-0.15, -0.1) is 0 Å². The first-order valence-corrected chi connectivity index (χ1v) is 7.88. The lowest BCUT2D eigenvalue weighted by Gasteiger charge is -2.21. The van der Waals surface area contributed by atoms with Crippen molar-refractivity contribution in [3.63, 3.8) is 0 Å². The van der Waals surface area contributed by atoms with Crippen LogP contribution in [0.15, 0.2) is 28.8 Å². The average molecular weight is 301 g/mol. The van der Waals surface area contributed by atoms with Crippen LogP contribution in [0.2, 0.25) is 0 Å². The minimum atomic E-state index is 0.228. The van der Waals surface area contributed by atoms with Crippen molar-refractivity contribution in [3.05, 3.63) is 41.5 Å². The third-order valence-electron chi connectivity index (χ3n) is 4.14. The molecule has 0 bridgehead atoms. The van der Waals surface area contributed by atoms with Gasteiger partial charge in [-0.2, -0.15) is 4.98 Å². The fourth-order valence-corrected chi connectivity index (χ4v) is 2.92. The normalized spacial score (nSPS) is 19.0. The molecule has 0 saturated carbocycles. The van der Waals surface area contributed by atoms with Gasteiger partial charge in [0.25, 0.3) is 0 Å². The Morgan fingerprint density at radius 3 is 3.00 bits per heavy atom. The van der Waals surface area contributed by atoms with Gasteiger partial charge in [0.1, 0.15) is 5.75 Å². The Hall–Kier alpha value is -1.88. The maximum Gasteiger partial charge on any atom is 0.244 e. The van der Waals surface area contributed by atoms with E-state index in [1.165, 1.54) is 5.56 Å². The van der Waals surface area contributed by atoms with Gasteiger partial charge in [0.15, 0.2) is 5.82 Å². The van der Waals surface area contributed by atoms with Gasteiger partial charge in [-0.25, -0.2) is 0 Å². The van der Waals surface area contributed by atoms with Crippen molar-refractivity contribution in [1.29, 1.82) is 0 Å². The highest BCUT2D eigenvalue weighted by Crippen LogP contribution is 2.33. The Kier molecular flexibility index (Phi) is 4.43. The summed E-state index contributed by atoms with van der Waals surface area (Å²) >= 11 is 0. The molecule has 0 spiro atoms. The smallest absolute Gasteiger partial charge is 0.244 e. The highest BCUT2D eigenvalue weighted by atomic mass is 16.5. The lowest BCUT2D eigenvalue weighted by Crippen LogP contribution is -2.23. The molecule has 118 valence electrons. The highest BCUT2D eigenvalue weighted by molar-refractivity contribution is 5.28. The monoisotopic (exact) mass is 301 g/mol. The highest BCUT2D eigenvalue weighted by Gasteiger charge is 2.30. The molecule has 0 unspecified atom stereocenters. The van der Waals surface area contributed by atoms with Crippen LogP contribution in [-0.4, -0.2) is 28.7 Å². The van der Waals surface area contributed by atoms with Gasteiger partial charge in [-0.1, -0.05) is 31.1 Å². The van der Waals surface area contributed by atoms with Crippen LogP contribution in [0.25, 0.3) is 0 Å². The summed E-state index contributed by atoms with van der Waals surface area (Å²) in [4.78, 5) is 6.98. The van der Waals surface area contributed by atoms with Crippen LogP contribution in [-0.2, 0) is 6.54 Å². The molecule has 1 aromatic carbocycles. The Balaban J connectivity index is 1.74. The van der Waals surface area contributed by atoms with Crippen LogP contribution in [0.3, 0.4) is 0 Å². The molecular weight excluding hydrogens is 278 g/mol. The molecule has 2 heterocycles. The first-order valence-electron chi connectivity index (χ1n) is 7.88. The fourth-order valence-electron chi connectivity index (χ4n) is 2.92. The zero-order valence-corrected chi connectivity index (χ0v) is 13.5. The van der Waals surface area contributed by atoms with Gasteiger partial charge >= 0.3 is 0 Å². The number of aromatic nitrogens is 2. The van der Waals surface area contributed by atoms with Crippen molar-refractivity contribution >= 4 is 0 Å². The van der Waals surface area contributed by atoms with Crippen molar-refractivity contribution in [2.75, 3.05) is 13.7 Å². The zero-order valence-electron chi connectivity index (χ0n) is 13.5. The number of ether oxygens (including phenoxy) is 1. The first-order chi connectivity index (χ1) is 10.7. The molecule has 1 aromatic heterocycles. The van der Waals surface area contributed by atoms with Gasteiger partial charge in [-0.3, -0.25) is 4.90 Å². The molecule has 1 saturated heterocycles. The molecule has 1 atom stereocenters. The lowest BCUT2D eigenvalue weighted by molar-refractivity contribution is 0.200. The van der Waals surface area contributed by atoms with E-state index in [4.69, 9.17) is 9.26 Å². The Morgan fingerprint density at radius 2 is 2.27 bits per heavy atom. The van der Waals surface area contributed by atoms with Crippen molar-refractivity contribution in [2.24, 2.45) is 0 Å². The fraction of sp³-hybridized carbons (Fsp3) is 0.529. The Bertz CT molecular complexity index is 624. The van der Waals surface area contributed by atoms with Crippen LogP contribution in [0, 0.1) is 0 Å². The summed E-state index contributed by atoms with van der Waals surface area (Å²) in [6, 6.07) is 8.44. The summed E-state index contributed by atoms with van der Waals surface area (Å²) in [5.41, 5.74) is 1.25. The molecule has 5 heteroatoms. The molecule has 1 aliphatic heterocycles. The van der Waals surface area contributed by atoms with Crippen LogP contribution >= 0.6 is 0 Å². The second-order valence-corrected chi connectivity index (χ2v) is 6.13. The number of methoxy groups -OCH3 is 1. The topological polar surface area (TPSA) is 51.4 Å². The minimum Gasteiger partial charge on any atom is -0.497 e.